The van der Waals surface area contributed by atoms with E-state index in [1.807, 2.05) is 13.0 Å². The smallest absolute Gasteiger partial charge is 0.339 e. The lowest BCUT2D eigenvalue weighted by Gasteiger charge is -2.11. The number of carbonyl (C=O) groups is 1. The van der Waals surface area contributed by atoms with Crippen LogP contribution in [0.1, 0.15) is 27.0 Å². The van der Waals surface area contributed by atoms with E-state index in [2.05, 4.69) is 0 Å². The molecule has 0 spiro atoms. The van der Waals surface area contributed by atoms with Gasteiger partial charge in [-0.2, -0.15) is 13.7 Å². The predicted molar refractivity (Wildman–Crippen MR) is 117 cm³/mol. The minimum Gasteiger partial charge on any atom is -0.493 e. The number of hydrogen-bond acceptors (Lipinski definition) is 6. The highest BCUT2D eigenvalue weighted by Gasteiger charge is 2.19. The highest BCUT2D eigenvalue weighted by molar-refractivity contribution is 7.87. The Labute approximate surface area is 181 Å². The second-order valence-electron chi connectivity index (χ2n) is 6.65. The molecule has 0 aliphatic rings. The number of allylic oxidation sites excluding steroid dienone is 1. The molecule has 3 rings (SSSR count). The van der Waals surface area contributed by atoms with Gasteiger partial charge in [-0.3, -0.25) is 4.79 Å². The fourth-order valence-electron chi connectivity index (χ4n) is 2.71. The van der Waals surface area contributed by atoms with Crippen LogP contribution >= 0.6 is 0 Å². The van der Waals surface area contributed by atoms with Gasteiger partial charge in [0.15, 0.2) is 17.3 Å². The molecule has 0 amide bonds. The number of methoxy groups -OCH3 is 1. The highest BCUT2D eigenvalue weighted by Crippen LogP contribution is 2.31. The third-order valence-electron chi connectivity index (χ3n) is 4.42. The van der Waals surface area contributed by atoms with Gasteiger partial charge < -0.3 is 8.92 Å². The van der Waals surface area contributed by atoms with Gasteiger partial charge in [0.05, 0.1) is 18.7 Å². The van der Waals surface area contributed by atoms with Gasteiger partial charge >= 0.3 is 10.1 Å². The largest absolute Gasteiger partial charge is 0.493 e. The highest BCUT2D eigenvalue weighted by atomic mass is 32.2. The number of nitrogens with zero attached hydrogens (tertiary/aromatic N) is 1. The Morgan fingerprint density at radius 2 is 1.65 bits per heavy atom. The van der Waals surface area contributed by atoms with Crippen molar-refractivity contribution in [3.05, 3.63) is 95.1 Å². The summed E-state index contributed by atoms with van der Waals surface area (Å²) in [4.78, 5) is 12.3. The maximum atomic E-state index is 12.5. The minimum absolute atomic E-state index is 0.0390. The molecule has 156 valence electrons. The monoisotopic (exact) mass is 433 g/mol. The van der Waals surface area contributed by atoms with Crippen molar-refractivity contribution in [1.82, 2.24) is 0 Å². The normalized spacial score (nSPS) is 11.1. The third-order valence-corrected chi connectivity index (χ3v) is 5.67. The lowest BCUT2D eigenvalue weighted by Crippen LogP contribution is -2.10. The maximum Gasteiger partial charge on any atom is 0.339 e. The van der Waals surface area contributed by atoms with E-state index >= 15 is 0 Å². The summed E-state index contributed by atoms with van der Waals surface area (Å²) in [5.41, 5.74) is 2.48. The van der Waals surface area contributed by atoms with Crippen LogP contribution in [0.2, 0.25) is 0 Å². The number of aryl methyl sites for hydroxylation is 1. The van der Waals surface area contributed by atoms with Crippen LogP contribution in [0.15, 0.2) is 77.7 Å². The first-order valence-corrected chi connectivity index (χ1v) is 10.6. The summed E-state index contributed by atoms with van der Waals surface area (Å²) in [7, 11) is -2.62. The van der Waals surface area contributed by atoms with Crippen LogP contribution in [0.25, 0.3) is 6.08 Å². The van der Waals surface area contributed by atoms with Crippen LogP contribution < -0.4 is 8.92 Å². The second kappa shape index (κ2) is 9.28. The molecule has 3 aromatic rings. The van der Waals surface area contributed by atoms with E-state index in [0.717, 1.165) is 5.56 Å². The molecule has 0 atom stereocenters. The van der Waals surface area contributed by atoms with Crippen LogP contribution in [-0.4, -0.2) is 21.3 Å². The van der Waals surface area contributed by atoms with Crippen LogP contribution in [0.3, 0.4) is 0 Å². The Kier molecular flexibility index (Phi) is 6.53. The number of hydrogen-bond donors (Lipinski definition) is 0. The first-order chi connectivity index (χ1) is 14.8. The van der Waals surface area contributed by atoms with Gasteiger partial charge in [0.1, 0.15) is 4.90 Å². The van der Waals surface area contributed by atoms with Crippen molar-refractivity contribution in [1.29, 1.82) is 5.26 Å². The summed E-state index contributed by atoms with van der Waals surface area (Å²) < 4.78 is 35.6. The van der Waals surface area contributed by atoms with Crippen LogP contribution in [0.5, 0.6) is 11.5 Å². The fraction of sp³-hybridized carbons (Fsp3) is 0.0833. The molecule has 0 radical (unpaired) electrons. The number of nitriles is 1. The quantitative estimate of drug-likeness (QED) is 0.309. The molecule has 0 aliphatic heterocycles. The lowest BCUT2D eigenvalue weighted by atomic mass is 10.1. The Hall–Kier alpha value is -3.89. The molecule has 0 unspecified atom stereocenters. The molecule has 0 aliphatic carbocycles. The number of ether oxygens (including phenoxy) is 1. The van der Waals surface area contributed by atoms with Crippen molar-refractivity contribution < 1.29 is 22.1 Å². The summed E-state index contributed by atoms with van der Waals surface area (Å²) >= 11 is 0. The van der Waals surface area contributed by atoms with E-state index in [1.54, 1.807) is 54.6 Å². The van der Waals surface area contributed by atoms with E-state index in [-0.39, 0.29) is 22.2 Å². The molecule has 3 aromatic carbocycles. The molecule has 0 heterocycles. The van der Waals surface area contributed by atoms with Gasteiger partial charge in [0.25, 0.3) is 0 Å². The third kappa shape index (κ3) is 5.38. The second-order valence-corrected chi connectivity index (χ2v) is 8.19. The van der Waals surface area contributed by atoms with Crippen molar-refractivity contribution >= 4 is 22.0 Å². The van der Waals surface area contributed by atoms with Crippen molar-refractivity contribution in [3.8, 4) is 17.6 Å². The Balaban J connectivity index is 1.79. The van der Waals surface area contributed by atoms with Crippen LogP contribution in [0, 0.1) is 18.3 Å². The molecular weight excluding hydrogens is 414 g/mol. The van der Waals surface area contributed by atoms with Gasteiger partial charge in [-0.25, -0.2) is 0 Å². The maximum absolute atomic E-state index is 12.5. The van der Waals surface area contributed by atoms with Crippen molar-refractivity contribution in [2.75, 3.05) is 7.11 Å². The van der Waals surface area contributed by atoms with E-state index in [4.69, 9.17) is 14.2 Å². The first-order valence-electron chi connectivity index (χ1n) is 9.24. The molecule has 0 aromatic heterocycles. The Morgan fingerprint density at radius 3 is 2.26 bits per heavy atom. The van der Waals surface area contributed by atoms with Gasteiger partial charge in [-0.05, 0) is 67.1 Å². The average Bonchev–Trinajstić information content (AvgIpc) is 2.78. The summed E-state index contributed by atoms with van der Waals surface area (Å²) in [6.07, 6.45) is 2.97. The molecular formula is C24H19NO5S. The SMILES string of the molecule is COc1cc(/C=C\C(=O)c2ccc(C#N)cc2)ccc1OS(=O)(=O)c1ccc(C)cc1. The number of carbonyl (C=O) groups excluding carboxylic acids is 1. The van der Waals surface area contributed by atoms with Crippen LogP contribution in [0.4, 0.5) is 0 Å². The molecule has 0 fully saturated rings. The standard InChI is InChI=1S/C24H19NO5S/c1-17-3-11-21(12-4-17)31(27,28)30-23-14-8-18(15-24(23)29-2)7-13-22(26)20-9-5-19(16-25)6-10-20/h3-15H,1-2H3/b13-7-. The summed E-state index contributed by atoms with van der Waals surface area (Å²) in [5, 5.41) is 8.83. The molecule has 7 heteroatoms. The van der Waals surface area contributed by atoms with Crippen molar-refractivity contribution in [2.24, 2.45) is 0 Å². The molecule has 0 bridgehead atoms. The lowest BCUT2D eigenvalue weighted by molar-refractivity contribution is 0.104. The summed E-state index contributed by atoms with van der Waals surface area (Å²) in [6, 6.07) is 19.3. The summed E-state index contributed by atoms with van der Waals surface area (Å²) in [5.74, 6) is 0.0213. The fourth-order valence-corrected chi connectivity index (χ4v) is 3.64. The van der Waals surface area contributed by atoms with E-state index in [9.17, 15) is 13.2 Å². The van der Waals surface area contributed by atoms with Crippen molar-refractivity contribution in [2.45, 2.75) is 11.8 Å². The average molecular weight is 433 g/mol. The first kappa shape index (κ1) is 21.8. The van der Waals surface area contributed by atoms with E-state index in [1.165, 1.54) is 31.4 Å². The number of benzene rings is 3. The molecule has 0 saturated carbocycles. The van der Waals surface area contributed by atoms with Gasteiger partial charge in [0, 0.05) is 5.56 Å². The Morgan fingerprint density at radius 1 is 0.968 bits per heavy atom. The van der Waals surface area contributed by atoms with Crippen molar-refractivity contribution in [3.63, 3.8) is 0 Å². The topological polar surface area (TPSA) is 93.5 Å². The van der Waals surface area contributed by atoms with E-state index < -0.39 is 10.1 Å². The Bertz CT molecular complexity index is 1270. The number of rotatable bonds is 7. The predicted octanol–water partition coefficient (Wildman–Crippen LogP) is 4.54. The molecule has 0 N–H and O–H groups in total. The van der Waals surface area contributed by atoms with Gasteiger partial charge in [0.2, 0.25) is 0 Å². The zero-order chi connectivity index (χ0) is 22.4. The van der Waals surface area contributed by atoms with Gasteiger partial charge in [-0.15, -0.1) is 0 Å². The number of ketones is 1. The zero-order valence-corrected chi connectivity index (χ0v) is 17.7. The molecule has 6 nitrogen and oxygen atoms in total. The minimum atomic E-state index is -4.02. The van der Waals surface area contributed by atoms with Crippen LogP contribution in [-0.2, 0) is 10.1 Å². The molecule has 0 saturated heterocycles. The van der Waals surface area contributed by atoms with Gasteiger partial charge in [-0.1, -0.05) is 29.8 Å². The molecule has 31 heavy (non-hydrogen) atoms. The zero-order valence-electron chi connectivity index (χ0n) is 16.9. The van der Waals surface area contributed by atoms with E-state index in [0.29, 0.717) is 16.7 Å². The summed E-state index contributed by atoms with van der Waals surface area (Å²) in [6.45, 7) is 1.86.